The van der Waals surface area contributed by atoms with Gasteiger partial charge in [0.2, 0.25) is 0 Å². The summed E-state index contributed by atoms with van der Waals surface area (Å²) in [5.74, 6) is 0. The molecule has 1 aromatic heterocycles. The summed E-state index contributed by atoms with van der Waals surface area (Å²) >= 11 is 17.6. The number of nitrogens with zero attached hydrogens (tertiary/aromatic N) is 1. The molecule has 0 saturated carbocycles. The zero-order valence-electron chi connectivity index (χ0n) is 10.0. The van der Waals surface area contributed by atoms with Gasteiger partial charge in [0, 0.05) is 17.3 Å². The molecule has 0 radical (unpaired) electrons. The van der Waals surface area contributed by atoms with Crippen LogP contribution in [0.3, 0.4) is 0 Å². The number of alkyl halides is 3. The number of hydrogen-bond donors (Lipinski definition) is 0. The standard InChI is InChI=1S/C13H5Cl3F3NO/c14-9-3-11(16)10(15)2-7(9)8-1-6(13(17,18)19)4-20-12(8)5-21/h1-5H. The molecule has 0 amide bonds. The van der Waals surface area contributed by atoms with Gasteiger partial charge in [-0.3, -0.25) is 9.78 Å². The first kappa shape index (κ1) is 16.1. The molecule has 2 nitrogen and oxygen atoms in total. The average Bonchev–Trinajstić information content (AvgIpc) is 2.41. The minimum absolute atomic E-state index is 0.0635. The highest BCUT2D eigenvalue weighted by molar-refractivity contribution is 6.44. The number of halogens is 6. The van der Waals surface area contributed by atoms with E-state index >= 15 is 0 Å². The van der Waals surface area contributed by atoms with Crippen LogP contribution in [0.15, 0.2) is 24.4 Å². The lowest BCUT2D eigenvalue weighted by Gasteiger charge is -2.12. The van der Waals surface area contributed by atoms with E-state index in [-0.39, 0.29) is 31.9 Å². The van der Waals surface area contributed by atoms with E-state index < -0.39 is 11.7 Å². The van der Waals surface area contributed by atoms with Crippen molar-refractivity contribution in [3.63, 3.8) is 0 Å². The van der Waals surface area contributed by atoms with Gasteiger partial charge >= 0.3 is 6.18 Å². The topological polar surface area (TPSA) is 30.0 Å². The minimum Gasteiger partial charge on any atom is -0.296 e. The first-order valence-electron chi connectivity index (χ1n) is 5.41. The van der Waals surface area contributed by atoms with E-state index in [1.165, 1.54) is 12.1 Å². The van der Waals surface area contributed by atoms with E-state index in [2.05, 4.69) is 4.98 Å². The van der Waals surface area contributed by atoms with Crippen molar-refractivity contribution in [3.8, 4) is 11.1 Å². The summed E-state index contributed by atoms with van der Waals surface area (Å²) in [6.45, 7) is 0. The van der Waals surface area contributed by atoms with Gasteiger partial charge in [0.1, 0.15) is 5.69 Å². The van der Waals surface area contributed by atoms with Crippen molar-refractivity contribution in [2.75, 3.05) is 0 Å². The van der Waals surface area contributed by atoms with Crippen LogP contribution in [0.25, 0.3) is 11.1 Å². The summed E-state index contributed by atoms with van der Waals surface area (Å²) < 4.78 is 38.3. The van der Waals surface area contributed by atoms with E-state index in [0.29, 0.717) is 12.5 Å². The Hall–Kier alpha value is -1.30. The zero-order valence-corrected chi connectivity index (χ0v) is 12.3. The van der Waals surface area contributed by atoms with Crippen molar-refractivity contribution in [1.82, 2.24) is 4.98 Å². The SMILES string of the molecule is O=Cc1ncc(C(F)(F)F)cc1-c1cc(Cl)c(Cl)cc1Cl. The van der Waals surface area contributed by atoms with Gasteiger partial charge in [-0.25, -0.2) is 0 Å². The van der Waals surface area contributed by atoms with Gasteiger partial charge in [0.05, 0.1) is 20.6 Å². The predicted octanol–water partition coefficient (Wildman–Crippen LogP) is 5.54. The Balaban J connectivity index is 2.72. The quantitative estimate of drug-likeness (QED) is 0.523. The van der Waals surface area contributed by atoms with E-state index in [9.17, 15) is 18.0 Å². The third kappa shape index (κ3) is 3.31. The van der Waals surface area contributed by atoms with Crippen LogP contribution < -0.4 is 0 Å². The summed E-state index contributed by atoms with van der Waals surface area (Å²) in [6.07, 6.45) is -3.67. The molecule has 0 atom stereocenters. The number of aldehydes is 1. The molecule has 8 heteroatoms. The summed E-state index contributed by atoms with van der Waals surface area (Å²) in [5, 5.41) is 0.317. The zero-order chi connectivity index (χ0) is 15.8. The number of carbonyl (C=O) groups excluding carboxylic acids is 1. The van der Waals surface area contributed by atoms with Gasteiger partial charge in [0.25, 0.3) is 0 Å². The van der Waals surface area contributed by atoms with Gasteiger partial charge < -0.3 is 0 Å². The molecule has 0 saturated heterocycles. The van der Waals surface area contributed by atoms with Crippen LogP contribution in [0, 0.1) is 0 Å². The average molecular weight is 355 g/mol. The van der Waals surface area contributed by atoms with E-state index in [0.717, 1.165) is 6.07 Å². The lowest BCUT2D eigenvalue weighted by molar-refractivity contribution is -0.137. The monoisotopic (exact) mass is 353 g/mol. The van der Waals surface area contributed by atoms with Crippen LogP contribution in [-0.4, -0.2) is 11.3 Å². The maximum atomic E-state index is 12.8. The van der Waals surface area contributed by atoms with Crippen molar-refractivity contribution in [2.24, 2.45) is 0 Å². The molecule has 0 aliphatic carbocycles. The van der Waals surface area contributed by atoms with Crippen molar-refractivity contribution in [2.45, 2.75) is 6.18 Å². The molecule has 1 heterocycles. The van der Waals surface area contributed by atoms with Crippen molar-refractivity contribution < 1.29 is 18.0 Å². The molecule has 0 unspecified atom stereocenters. The maximum absolute atomic E-state index is 12.8. The molecule has 0 spiro atoms. The third-order valence-corrected chi connectivity index (χ3v) is 3.69. The summed E-state index contributed by atoms with van der Waals surface area (Å²) in [7, 11) is 0. The van der Waals surface area contributed by atoms with E-state index in [4.69, 9.17) is 34.8 Å². The number of hydrogen-bond acceptors (Lipinski definition) is 2. The Labute approximate surface area is 132 Å². The van der Waals surface area contributed by atoms with E-state index in [1.807, 2.05) is 0 Å². The lowest BCUT2D eigenvalue weighted by Crippen LogP contribution is -2.07. The molecule has 2 rings (SSSR count). The molecule has 0 aliphatic rings. The second-order valence-corrected chi connectivity index (χ2v) is 5.24. The second-order valence-electron chi connectivity index (χ2n) is 4.02. The fraction of sp³-hybridized carbons (Fsp3) is 0.0769. The molecule has 0 bridgehead atoms. The number of carbonyl (C=O) groups is 1. The Morgan fingerprint density at radius 3 is 2.14 bits per heavy atom. The third-order valence-electron chi connectivity index (χ3n) is 2.66. The van der Waals surface area contributed by atoms with Crippen molar-refractivity contribution >= 4 is 41.1 Å². The van der Waals surface area contributed by atoms with Crippen molar-refractivity contribution in [1.29, 1.82) is 0 Å². The fourth-order valence-electron chi connectivity index (χ4n) is 1.67. The molecule has 0 aliphatic heterocycles. The predicted molar refractivity (Wildman–Crippen MR) is 75.1 cm³/mol. The molecule has 2 aromatic rings. The van der Waals surface area contributed by atoms with Crippen molar-refractivity contribution in [3.05, 3.63) is 50.7 Å². The van der Waals surface area contributed by atoms with Gasteiger partial charge in [-0.05, 0) is 18.2 Å². The van der Waals surface area contributed by atoms with Gasteiger partial charge in [-0.1, -0.05) is 34.8 Å². The van der Waals surface area contributed by atoms with Gasteiger partial charge in [-0.2, -0.15) is 13.2 Å². The highest BCUT2D eigenvalue weighted by Crippen LogP contribution is 2.38. The number of pyridine rings is 1. The fourth-order valence-corrected chi connectivity index (χ4v) is 2.32. The first-order chi connectivity index (χ1) is 9.74. The lowest BCUT2D eigenvalue weighted by atomic mass is 10.0. The molecule has 0 N–H and O–H groups in total. The smallest absolute Gasteiger partial charge is 0.296 e. The highest BCUT2D eigenvalue weighted by Gasteiger charge is 2.32. The van der Waals surface area contributed by atoms with Crippen LogP contribution in [0.5, 0.6) is 0 Å². The molecule has 110 valence electrons. The molecular formula is C13H5Cl3F3NO. The number of benzene rings is 1. The minimum atomic E-state index is -4.59. The Kier molecular flexibility index (Phi) is 4.46. The van der Waals surface area contributed by atoms with Gasteiger partial charge in [0.15, 0.2) is 6.29 Å². The molecule has 1 aromatic carbocycles. The molecule has 21 heavy (non-hydrogen) atoms. The summed E-state index contributed by atoms with van der Waals surface area (Å²) in [5.41, 5.74) is -1.09. The Morgan fingerprint density at radius 1 is 0.952 bits per heavy atom. The largest absolute Gasteiger partial charge is 0.417 e. The first-order valence-corrected chi connectivity index (χ1v) is 6.54. The van der Waals surface area contributed by atoms with E-state index in [1.54, 1.807) is 0 Å². The number of aromatic nitrogens is 1. The molecule has 0 fully saturated rings. The summed E-state index contributed by atoms with van der Waals surface area (Å²) in [4.78, 5) is 14.5. The number of rotatable bonds is 2. The Bertz CT molecular complexity index is 717. The normalized spacial score (nSPS) is 11.5. The molecular weight excluding hydrogens is 350 g/mol. The van der Waals surface area contributed by atoms with Gasteiger partial charge in [-0.15, -0.1) is 0 Å². The highest BCUT2D eigenvalue weighted by atomic mass is 35.5. The van der Waals surface area contributed by atoms with Crippen LogP contribution in [0.4, 0.5) is 13.2 Å². The second kappa shape index (κ2) is 5.83. The van der Waals surface area contributed by atoms with Crippen LogP contribution >= 0.6 is 34.8 Å². The summed E-state index contributed by atoms with van der Waals surface area (Å²) in [6, 6.07) is 3.37. The van der Waals surface area contributed by atoms with Crippen LogP contribution in [0.2, 0.25) is 15.1 Å². The van der Waals surface area contributed by atoms with Crippen LogP contribution in [-0.2, 0) is 6.18 Å². The Morgan fingerprint density at radius 2 is 1.57 bits per heavy atom. The van der Waals surface area contributed by atoms with Crippen LogP contribution in [0.1, 0.15) is 16.1 Å². The maximum Gasteiger partial charge on any atom is 0.417 e.